The van der Waals surface area contributed by atoms with Crippen molar-refractivity contribution in [2.24, 2.45) is 0 Å². The van der Waals surface area contributed by atoms with Gasteiger partial charge in [0.15, 0.2) is 0 Å². The van der Waals surface area contributed by atoms with Crippen LogP contribution in [-0.2, 0) is 9.53 Å². The molecule has 1 heterocycles. The Bertz CT molecular complexity index is 104. The van der Waals surface area contributed by atoms with Crippen LogP contribution in [0.25, 0.3) is 0 Å². The first-order valence-electron chi connectivity index (χ1n) is 5.06. The summed E-state index contributed by atoms with van der Waals surface area (Å²) in [5.41, 5.74) is 0. The molecule has 86 valence electrons. The molecular formula is C10H23NO3. The second-order valence-electron chi connectivity index (χ2n) is 2.79. The maximum atomic E-state index is 8.95. The minimum Gasteiger partial charge on any atom is -0.471 e. The Hall–Kier alpha value is -0.610. The minimum atomic E-state index is 0.250. The first-order valence-corrected chi connectivity index (χ1v) is 5.06. The van der Waals surface area contributed by atoms with Crippen molar-refractivity contribution in [1.82, 2.24) is 4.90 Å². The summed E-state index contributed by atoms with van der Waals surface area (Å²) < 4.78 is 3.86. The Morgan fingerprint density at radius 3 is 1.86 bits per heavy atom. The van der Waals surface area contributed by atoms with Gasteiger partial charge in [0.05, 0.1) is 7.11 Å². The van der Waals surface area contributed by atoms with Crippen LogP contribution in [-0.4, -0.2) is 49.8 Å². The fourth-order valence-corrected chi connectivity index (χ4v) is 1.10. The third-order valence-electron chi connectivity index (χ3n) is 1.74. The molecule has 0 aliphatic carbocycles. The number of aliphatic hydroxyl groups is 1. The summed E-state index contributed by atoms with van der Waals surface area (Å²) in [6.45, 7) is 8.47. The zero-order chi connectivity index (χ0) is 11.2. The molecule has 0 unspecified atom stereocenters. The molecule has 1 fully saturated rings. The second-order valence-corrected chi connectivity index (χ2v) is 2.79. The van der Waals surface area contributed by atoms with Gasteiger partial charge in [-0.25, -0.2) is 0 Å². The average molecular weight is 205 g/mol. The molecule has 0 radical (unpaired) electrons. The molecule has 1 aliphatic rings. The normalized spacial score (nSPS) is 14.6. The van der Waals surface area contributed by atoms with E-state index in [1.54, 1.807) is 6.92 Å². The Balaban J connectivity index is 0. The standard InChI is InChI=1S/C6H13N.C2H4O2.C2H6O/c1-2-7-5-3-4-6-7;1-4-2-3;1-2-3/h2-6H2,1H3;2H,1H3;3H,2H2,1H3. The van der Waals surface area contributed by atoms with Gasteiger partial charge < -0.3 is 14.7 Å². The minimum absolute atomic E-state index is 0.250. The van der Waals surface area contributed by atoms with Crippen LogP contribution in [0.5, 0.6) is 0 Å². The van der Waals surface area contributed by atoms with E-state index in [-0.39, 0.29) is 6.61 Å². The molecule has 4 heteroatoms. The largest absolute Gasteiger partial charge is 0.471 e. The lowest BCUT2D eigenvalue weighted by atomic mass is 10.4. The first kappa shape index (κ1) is 15.8. The molecular weight excluding hydrogens is 182 g/mol. The molecule has 0 aromatic carbocycles. The average Bonchev–Trinajstić information content (AvgIpc) is 2.72. The van der Waals surface area contributed by atoms with Crippen LogP contribution in [0.2, 0.25) is 0 Å². The van der Waals surface area contributed by atoms with E-state index in [1.165, 1.54) is 39.6 Å². The smallest absolute Gasteiger partial charge is 0.292 e. The highest BCUT2D eigenvalue weighted by atomic mass is 16.5. The lowest BCUT2D eigenvalue weighted by Gasteiger charge is -2.08. The predicted octanol–water partition coefficient (Wildman–Crippen LogP) is 0.890. The van der Waals surface area contributed by atoms with Gasteiger partial charge in [0.1, 0.15) is 0 Å². The number of nitrogens with zero attached hydrogens (tertiary/aromatic N) is 1. The van der Waals surface area contributed by atoms with Crippen LogP contribution < -0.4 is 0 Å². The zero-order valence-corrected chi connectivity index (χ0v) is 9.53. The summed E-state index contributed by atoms with van der Waals surface area (Å²) in [5, 5.41) is 7.57. The monoisotopic (exact) mass is 205 g/mol. The fraction of sp³-hybridized carbons (Fsp3) is 0.900. The van der Waals surface area contributed by atoms with Crippen molar-refractivity contribution in [3.05, 3.63) is 0 Å². The lowest BCUT2D eigenvalue weighted by molar-refractivity contribution is -0.126. The number of carbonyl (C=O) groups excluding carboxylic acids is 1. The summed E-state index contributed by atoms with van der Waals surface area (Å²) in [7, 11) is 1.31. The summed E-state index contributed by atoms with van der Waals surface area (Å²) in [5.74, 6) is 0. The number of aliphatic hydroxyl groups excluding tert-OH is 1. The van der Waals surface area contributed by atoms with Crippen LogP contribution in [0.15, 0.2) is 0 Å². The number of rotatable bonds is 2. The van der Waals surface area contributed by atoms with Gasteiger partial charge in [-0.2, -0.15) is 0 Å². The molecule has 1 saturated heterocycles. The van der Waals surface area contributed by atoms with Gasteiger partial charge in [-0.3, -0.25) is 4.79 Å². The highest BCUT2D eigenvalue weighted by molar-refractivity contribution is 5.36. The maximum Gasteiger partial charge on any atom is 0.292 e. The highest BCUT2D eigenvalue weighted by Gasteiger charge is 2.06. The van der Waals surface area contributed by atoms with E-state index in [0.717, 1.165) is 0 Å². The van der Waals surface area contributed by atoms with E-state index in [1.807, 2.05) is 0 Å². The van der Waals surface area contributed by atoms with Crippen molar-refractivity contribution in [1.29, 1.82) is 0 Å². The van der Waals surface area contributed by atoms with E-state index in [4.69, 9.17) is 9.90 Å². The van der Waals surface area contributed by atoms with E-state index < -0.39 is 0 Å². The first-order chi connectivity index (χ1) is 6.76. The van der Waals surface area contributed by atoms with Gasteiger partial charge in [-0.05, 0) is 39.4 Å². The third kappa shape index (κ3) is 13.9. The molecule has 0 aromatic rings. The van der Waals surface area contributed by atoms with Crippen molar-refractivity contribution in [3.63, 3.8) is 0 Å². The Morgan fingerprint density at radius 2 is 1.71 bits per heavy atom. The van der Waals surface area contributed by atoms with Crippen LogP contribution in [0, 0.1) is 0 Å². The van der Waals surface area contributed by atoms with Crippen molar-refractivity contribution >= 4 is 6.47 Å². The van der Waals surface area contributed by atoms with E-state index in [2.05, 4.69) is 16.6 Å². The summed E-state index contributed by atoms with van der Waals surface area (Å²) >= 11 is 0. The second kappa shape index (κ2) is 14.9. The number of methoxy groups -OCH3 is 1. The van der Waals surface area contributed by atoms with Gasteiger partial charge in [-0.15, -0.1) is 0 Å². The molecule has 0 aromatic heterocycles. The van der Waals surface area contributed by atoms with Crippen molar-refractivity contribution in [2.45, 2.75) is 26.7 Å². The molecule has 1 N–H and O–H groups in total. The highest BCUT2D eigenvalue weighted by Crippen LogP contribution is 2.04. The Kier molecular flexibility index (Phi) is 16.9. The van der Waals surface area contributed by atoms with Crippen molar-refractivity contribution < 1.29 is 14.6 Å². The summed E-state index contributed by atoms with van der Waals surface area (Å²) in [4.78, 5) is 11.4. The van der Waals surface area contributed by atoms with Gasteiger partial charge in [0.2, 0.25) is 0 Å². The molecule has 0 atom stereocenters. The lowest BCUT2D eigenvalue weighted by Crippen LogP contribution is -2.17. The summed E-state index contributed by atoms with van der Waals surface area (Å²) in [6, 6.07) is 0. The molecule has 0 bridgehead atoms. The fourth-order valence-electron chi connectivity index (χ4n) is 1.10. The number of hydrogen-bond donors (Lipinski definition) is 1. The van der Waals surface area contributed by atoms with E-state index in [0.29, 0.717) is 6.47 Å². The van der Waals surface area contributed by atoms with Crippen LogP contribution in [0.3, 0.4) is 0 Å². The van der Waals surface area contributed by atoms with Crippen LogP contribution >= 0.6 is 0 Å². The van der Waals surface area contributed by atoms with Crippen LogP contribution in [0.4, 0.5) is 0 Å². The molecule has 1 rings (SSSR count). The molecule has 14 heavy (non-hydrogen) atoms. The molecule has 1 aliphatic heterocycles. The van der Waals surface area contributed by atoms with E-state index in [9.17, 15) is 0 Å². The number of likely N-dealkylation sites (tertiary alicyclic amines) is 1. The molecule has 4 nitrogen and oxygen atoms in total. The van der Waals surface area contributed by atoms with Gasteiger partial charge >= 0.3 is 0 Å². The van der Waals surface area contributed by atoms with Gasteiger partial charge in [-0.1, -0.05) is 6.92 Å². The van der Waals surface area contributed by atoms with Gasteiger partial charge in [0, 0.05) is 6.61 Å². The summed E-state index contributed by atoms with van der Waals surface area (Å²) in [6.07, 6.45) is 2.85. The molecule has 0 spiro atoms. The molecule has 0 amide bonds. The Labute approximate surface area is 86.9 Å². The topological polar surface area (TPSA) is 49.8 Å². The Morgan fingerprint density at radius 1 is 1.36 bits per heavy atom. The maximum absolute atomic E-state index is 8.95. The number of carbonyl (C=O) groups is 1. The number of ether oxygens (including phenoxy) is 1. The van der Waals surface area contributed by atoms with E-state index >= 15 is 0 Å². The predicted molar refractivity (Wildman–Crippen MR) is 57.2 cm³/mol. The van der Waals surface area contributed by atoms with Crippen LogP contribution in [0.1, 0.15) is 26.7 Å². The SMILES string of the molecule is CCN1CCCC1.CCO.COC=O. The zero-order valence-electron chi connectivity index (χ0n) is 9.53. The van der Waals surface area contributed by atoms with Crippen molar-refractivity contribution in [2.75, 3.05) is 33.4 Å². The van der Waals surface area contributed by atoms with Crippen molar-refractivity contribution in [3.8, 4) is 0 Å². The third-order valence-corrected chi connectivity index (χ3v) is 1.74. The van der Waals surface area contributed by atoms with Gasteiger partial charge in [0.25, 0.3) is 6.47 Å². The number of hydrogen-bond acceptors (Lipinski definition) is 4. The molecule has 0 saturated carbocycles. The quantitative estimate of drug-likeness (QED) is 0.680.